The van der Waals surface area contributed by atoms with Crippen molar-refractivity contribution in [2.24, 2.45) is 4.99 Å². The summed E-state index contributed by atoms with van der Waals surface area (Å²) >= 11 is 7.62. The number of aliphatic imine (C=N–C) groups is 1. The van der Waals surface area contributed by atoms with Crippen molar-refractivity contribution in [1.82, 2.24) is 4.90 Å². The number of benzene rings is 4. The van der Waals surface area contributed by atoms with Crippen molar-refractivity contribution >= 4 is 63.8 Å². The van der Waals surface area contributed by atoms with E-state index in [1.165, 1.54) is 47.0 Å². The number of nitrogens with zero attached hydrogens (tertiary/aromatic N) is 2. The van der Waals surface area contributed by atoms with E-state index in [1.54, 1.807) is 42.5 Å². The van der Waals surface area contributed by atoms with E-state index in [0.717, 1.165) is 5.56 Å². The van der Waals surface area contributed by atoms with Crippen LogP contribution >= 0.6 is 23.4 Å². The lowest BCUT2D eigenvalue weighted by Gasteiger charge is -2.16. The van der Waals surface area contributed by atoms with Gasteiger partial charge in [-0.15, -0.1) is 0 Å². The first kappa shape index (κ1) is 29.6. The minimum Gasteiger partial charge on any atom is -0.482 e. The van der Waals surface area contributed by atoms with Crippen molar-refractivity contribution in [3.8, 4) is 5.75 Å². The molecule has 4 aromatic carbocycles. The van der Waals surface area contributed by atoms with Crippen molar-refractivity contribution in [2.45, 2.75) is 6.54 Å². The van der Waals surface area contributed by atoms with E-state index < -0.39 is 17.7 Å². The summed E-state index contributed by atoms with van der Waals surface area (Å²) in [4.78, 5) is 43.6. The van der Waals surface area contributed by atoms with E-state index in [-0.39, 0.29) is 41.1 Å². The second-order valence-electron chi connectivity index (χ2n) is 9.24. The molecule has 1 fully saturated rings. The summed E-state index contributed by atoms with van der Waals surface area (Å²) in [6.07, 6.45) is 1.68. The van der Waals surface area contributed by atoms with Crippen molar-refractivity contribution in [3.63, 3.8) is 0 Å². The first-order valence-corrected chi connectivity index (χ1v) is 14.1. The topological polar surface area (TPSA) is 108 Å². The summed E-state index contributed by atoms with van der Waals surface area (Å²) in [6.45, 7) is -0.193. The number of anilines is 1. The van der Waals surface area contributed by atoms with E-state index in [0.29, 0.717) is 21.3 Å². The van der Waals surface area contributed by atoms with Crippen LogP contribution in [0.25, 0.3) is 6.08 Å². The van der Waals surface area contributed by atoms with Crippen LogP contribution in [0.2, 0.25) is 5.02 Å². The van der Waals surface area contributed by atoms with Crippen LogP contribution < -0.4 is 10.1 Å². The zero-order valence-electron chi connectivity index (χ0n) is 22.4. The number of amides is 2. The molecule has 0 radical (unpaired) electrons. The highest BCUT2D eigenvalue weighted by molar-refractivity contribution is 8.18. The number of ether oxygens (including phenoxy) is 1. The Morgan fingerprint density at radius 1 is 1.00 bits per heavy atom. The zero-order chi connectivity index (χ0) is 30.3. The van der Waals surface area contributed by atoms with Crippen LogP contribution in [-0.2, 0) is 16.1 Å². The Hall–Kier alpha value is -4.93. The molecule has 2 amide bonds. The molecule has 11 heteroatoms. The standard InChI is InChI=1S/C32H23ClFN3O5S/c33-24-16-21(12-15-27(24)42-19-29(38)36-26-9-5-4-8-25(26)34)17-28-30(39)37(18-20-10-13-22(14-11-20)31(40)41)32(43-28)35-23-6-2-1-3-7-23/h1-17H,18-19H2,(H,36,38)(H,40,41)/b28-17-,35-32?. The summed E-state index contributed by atoms with van der Waals surface area (Å²) in [5.74, 6) is -2.17. The molecule has 1 aliphatic rings. The Morgan fingerprint density at radius 3 is 2.42 bits per heavy atom. The number of nitrogens with one attached hydrogen (secondary N) is 1. The molecule has 0 saturated carbocycles. The Balaban J connectivity index is 1.32. The maximum absolute atomic E-state index is 13.8. The molecule has 8 nitrogen and oxygen atoms in total. The van der Waals surface area contributed by atoms with Gasteiger partial charge in [0.1, 0.15) is 11.6 Å². The van der Waals surface area contributed by atoms with Crippen LogP contribution in [0.1, 0.15) is 21.5 Å². The molecule has 43 heavy (non-hydrogen) atoms. The second kappa shape index (κ2) is 13.4. The van der Waals surface area contributed by atoms with Crippen LogP contribution in [0.4, 0.5) is 15.8 Å². The van der Waals surface area contributed by atoms with Gasteiger partial charge in [-0.25, -0.2) is 14.2 Å². The Morgan fingerprint density at radius 2 is 1.72 bits per heavy atom. The van der Waals surface area contributed by atoms with Crippen molar-refractivity contribution in [1.29, 1.82) is 0 Å². The van der Waals surface area contributed by atoms with Gasteiger partial charge < -0.3 is 15.2 Å². The number of halogens is 2. The minimum atomic E-state index is -1.03. The third-order valence-electron chi connectivity index (χ3n) is 6.17. The first-order valence-electron chi connectivity index (χ1n) is 12.9. The van der Waals surface area contributed by atoms with Crippen LogP contribution in [0, 0.1) is 5.82 Å². The summed E-state index contributed by atoms with van der Waals surface area (Å²) < 4.78 is 19.3. The number of carbonyl (C=O) groups excluding carboxylic acids is 2. The average molecular weight is 616 g/mol. The highest BCUT2D eigenvalue weighted by Gasteiger charge is 2.33. The SMILES string of the molecule is O=C(COc1ccc(/C=C2\SC(=Nc3ccccc3)N(Cc3ccc(C(=O)O)cc3)C2=O)cc1Cl)Nc1ccccc1F. The number of hydrogen-bond acceptors (Lipinski definition) is 6. The lowest BCUT2D eigenvalue weighted by atomic mass is 10.1. The molecular weight excluding hydrogens is 593 g/mol. The van der Waals surface area contributed by atoms with Crippen LogP contribution in [0.15, 0.2) is 107 Å². The van der Waals surface area contributed by atoms with Crippen molar-refractivity contribution in [3.05, 3.63) is 129 Å². The maximum Gasteiger partial charge on any atom is 0.335 e. The molecule has 1 aliphatic heterocycles. The van der Waals surface area contributed by atoms with Gasteiger partial charge in [-0.05, 0) is 77.5 Å². The van der Waals surface area contributed by atoms with Crippen LogP contribution in [0.3, 0.4) is 0 Å². The van der Waals surface area contributed by atoms with Gasteiger partial charge in [-0.3, -0.25) is 14.5 Å². The smallest absolute Gasteiger partial charge is 0.335 e. The molecular formula is C32H23ClFN3O5S. The van der Waals surface area contributed by atoms with E-state index in [4.69, 9.17) is 16.3 Å². The van der Waals surface area contributed by atoms with Crippen LogP contribution in [0.5, 0.6) is 5.75 Å². The minimum absolute atomic E-state index is 0.0457. The molecule has 5 rings (SSSR count). The number of carboxylic acid groups (broad SMARTS) is 1. The van der Waals surface area contributed by atoms with E-state index in [1.807, 2.05) is 30.3 Å². The van der Waals surface area contributed by atoms with Crippen LogP contribution in [-0.4, -0.2) is 39.6 Å². The fourth-order valence-electron chi connectivity index (χ4n) is 4.05. The normalized spacial score (nSPS) is 14.7. The quantitative estimate of drug-likeness (QED) is 0.196. The summed E-state index contributed by atoms with van der Waals surface area (Å²) in [7, 11) is 0. The number of rotatable bonds is 9. The maximum atomic E-state index is 13.8. The molecule has 0 bridgehead atoms. The Bertz CT molecular complexity index is 1750. The average Bonchev–Trinajstić information content (AvgIpc) is 3.27. The fourth-order valence-corrected chi connectivity index (χ4v) is 5.29. The molecule has 0 aliphatic carbocycles. The number of thioether (sulfide) groups is 1. The molecule has 216 valence electrons. The van der Waals surface area contributed by atoms with Gasteiger partial charge in [0.05, 0.1) is 33.4 Å². The molecule has 2 N–H and O–H groups in total. The Kier molecular flexibility index (Phi) is 9.19. The number of aromatic carboxylic acids is 1. The largest absolute Gasteiger partial charge is 0.482 e. The molecule has 0 aromatic heterocycles. The summed E-state index contributed by atoms with van der Waals surface area (Å²) in [6, 6.07) is 26.2. The summed E-state index contributed by atoms with van der Waals surface area (Å²) in [5.41, 5.74) is 2.23. The van der Waals surface area contributed by atoms with Gasteiger partial charge in [0, 0.05) is 0 Å². The first-order chi connectivity index (χ1) is 20.8. The molecule has 1 heterocycles. The fraction of sp³-hybridized carbons (Fsp3) is 0.0625. The monoisotopic (exact) mass is 615 g/mol. The van der Waals surface area contributed by atoms with Gasteiger partial charge in [0.2, 0.25) is 0 Å². The molecule has 1 saturated heterocycles. The highest BCUT2D eigenvalue weighted by Crippen LogP contribution is 2.36. The summed E-state index contributed by atoms with van der Waals surface area (Å²) in [5, 5.41) is 12.3. The third kappa shape index (κ3) is 7.48. The number of carbonyl (C=O) groups is 3. The number of para-hydroxylation sites is 2. The lowest BCUT2D eigenvalue weighted by Crippen LogP contribution is -2.28. The predicted molar refractivity (Wildman–Crippen MR) is 165 cm³/mol. The van der Waals surface area contributed by atoms with Gasteiger partial charge in [-0.1, -0.05) is 60.1 Å². The lowest BCUT2D eigenvalue weighted by molar-refractivity contribution is -0.122. The number of carboxylic acids is 1. The zero-order valence-corrected chi connectivity index (χ0v) is 23.9. The number of hydrogen-bond donors (Lipinski definition) is 2. The van der Waals surface area contributed by atoms with Crippen molar-refractivity contribution < 1.29 is 28.6 Å². The van der Waals surface area contributed by atoms with Gasteiger partial charge in [-0.2, -0.15) is 0 Å². The van der Waals surface area contributed by atoms with E-state index in [9.17, 15) is 23.9 Å². The Labute approximate surface area is 255 Å². The van der Waals surface area contributed by atoms with Gasteiger partial charge >= 0.3 is 5.97 Å². The molecule has 0 spiro atoms. The van der Waals surface area contributed by atoms with Gasteiger partial charge in [0.15, 0.2) is 11.8 Å². The predicted octanol–water partition coefficient (Wildman–Crippen LogP) is 7.00. The highest BCUT2D eigenvalue weighted by atomic mass is 35.5. The van der Waals surface area contributed by atoms with Crippen molar-refractivity contribution in [2.75, 3.05) is 11.9 Å². The van der Waals surface area contributed by atoms with Gasteiger partial charge in [0.25, 0.3) is 11.8 Å². The molecule has 0 unspecified atom stereocenters. The second-order valence-corrected chi connectivity index (χ2v) is 10.7. The third-order valence-corrected chi connectivity index (χ3v) is 7.47. The van der Waals surface area contributed by atoms with E-state index in [2.05, 4.69) is 10.3 Å². The number of amidine groups is 1. The molecule has 4 aromatic rings. The molecule has 0 atom stereocenters. The van der Waals surface area contributed by atoms with E-state index >= 15 is 0 Å².